The zero-order chi connectivity index (χ0) is 13.9. The molecule has 0 spiro atoms. The highest BCUT2D eigenvalue weighted by atomic mass is 16.2. The van der Waals surface area contributed by atoms with E-state index >= 15 is 0 Å². The summed E-state index contributed by atoms with van der Waals surface area (Å²) in [5, 5.41) is 11.2. The van der Waals surface area contributed by atoms with Gasteiger partial charge in [0.2, 0.25) is 0 Å². The smallest absolute Gasteiger partial charge is 0.319 e. The summed E-state index contributed by atoms with van der Waals surface area (Å²) in [7, 11) is 0. The van der Waals surface area contributed by atoms with Crippen LogP contribution in [0.15, 0.2) is 30.3 Å². The molecular formula is C14H15N3O2. The number of rotatable bonds is 4. The van der Waals surface area contributed by atoms with E-state index in [2.05, 4.69) is 5.32 Å². The maximum absolute atomic E-state index is 12.4. The quantitative estimate of drug-likeness (QED) is 0.659. The van der Waals surface area contributed by atoms with Gasteiger partial charge in [0.15, 0.2) is 0 Å². The highest BCUT2D eigenvalue weighted by Crippen LogP contribution is 2.28. The van der Waals surface area contributed by atoms with E-state index in [1.807, 2.05) is 36.4 Å². The summed E-state index contributed by atoms with van der Waals surface area (Å²) in [5.74, 6) is -0.262. The van der Waals surface area contributed by atoms with Crippen LogP contribution in [0.25, 0.3) is 0 Å². The molecule has 1 aromatic rings. The summed E-state index contributed by atoms with van der Waals surface area (Å²) in [4.78, 5) is 25.5. The molecule has 2 rings (SSSR count). The SMILES string of the molecule is CC1(c2ccccc2)NC(=O)N(CCCC#N)C1=O. The fourth-order valence-electron chi connectivity index (χ4n) is 2.18. The van der Waals surface area contributed by atoms with Crippen LogP contribution >= 0.6 is 0 Å². The van der Waals surface area contributed by atoms with Gasteiger partial charge < -0.3 is 5.32 Å². The van der Waals surface area contributed by atoms with E-state index in [-0.39, 0.29) is 12.5 Å². The van der Waals surface area contributed by atoms with Crippen LogP contribution in [-0.2, 0) is 10.3 Å². The molecule has 1 aliphatic rings. The first-order valence-electron chi connectivity index (χ1n) is 6.16. The minimum Gasteiger partial charge on any atom is -0.319 e. The van der Waals surface area contributed by atoms with Gasteiger partial charge in [-0.2, -0.15) is 5.26 Å². The monoisotopic (exact) mass is 257 g/mol. The van der Waals surface area contributed by atoms with Gasteiger partial charge in [0, 0.05) is 13.0 Å². The second kappa shape index (κ2) is 5.11. The van der Waals surface area contributed by atoms with Crippen LogP contribution < -0.4 is 5.32 Å². The van der Waals surface area contributed by atoms with Crippen LogP contribution in [0, 0.1) is 11.3 Å². The van der Waals surface area contributed by atoms with Crippen molar-refractivity contribution in [1.82, 2.24) is 10.2 Å². The van der Waals surface area contributed by atoms with Crippen LogP contribution in [0.4, 0.5) is 4.79 Å². The molecule has 5 heteroatoms. The third-order valence-electron chi connectivity index (χ3n) is 3.30. The number of imide groups is 1. The van der Waals surface area contributed by atoms with Crippen LogP contribution in [0.5, 0.6) is 0 Å². The van der Waals surface area contributed by atoms with Crippen molar-refractivity contribution in [3.05, 3.63) is 35.9 Å². The lowest BCUT2D eigenvalue weighted by Gasteiger charge is -2.22. The Kier molecular flexibility index (Phi) is 3.52. The minimum absolute atomic E-state index is 0.262. The highest BCUT2D eigenvalue weighted by Gasteiger charge is 2.48. The second-order valence-corrected chi connectivity index (χ2v) is 4.64. The molecule has 0 bridgehead atoms. The van der Waals surface area contributed by atoms with Gasteiger partial charge in [0.05, 0.1) is 6.07 Å². The minimum atomic E-state index is -1.01. The molecule has 1 heterocycles. The van der Waals surface area contributed by atoms with E-state index in [4.69, 9.17) is 5.26 Å². The van der Waals surface area contributed by atoms with E-state index in [0.29, 0.717) is 12.8 Å². The molecule has 1 saturated heterocycles. The van der Waals surface area contributed by atoms with Gasteiger partial charge in [-0.1, -0.05) is 30.3 Å². The van der Waals surface area contributed by atoms with Crippen molar-refractivity contribution in [3.8, 4) is 6.07 Å². The summed E-state index contributed by atoms with van der Waals surface area (Å²) in [6.45, 7) is 1.98. The van der Waals surface area contributed by atoms with Gasteiger partial charge in [-0.05, 0) is 18.9 Å². The number of amides is 3. The third kappa shape index (κ3) is 2.29. The Hall–Kier alpha value is -2.35. The van der Waals surface area contributed by atoms with Crippen molar-refractivity contribution in [2.45, 2.75) is 25.3 Å². The molecular weight excluding hydrogens is 242 g/mol. The fourth-order valence-corrected chi connectivity index (χ4v) is 2.18. The molecule has 1 N–H and O–H groups in total. The maximum Gasteiger partial charge on any atom is 0.325 e. The van der Waals surface area contributed by atoms with Gasteiger partial charge >= 0.3 is 6.03 Å². The fraction of sp³-hybridized carbons (Fsp3) is 0.357. The second-order valence-electron chi connectivity index (χ2n) is 4.64. The Morgan fingerprint density at radius 1 is 1.32 bits per heavy atom. The number of nitriles is 1. The predicted octanol–water partition coefficient (Wildman–Crippen LogP) is 1.76. The summed E-state index contributed by atoms with van der Waals surface area (Å²) in [5.41, 5.74) is -0.249. The Bertz CT molecular complexity index is 535. The number of hydrogen-bond donors (Lipinski definition) is 1. The van der Waals surface area contributed by atoms with Crippen LogP contribution in [0.3, 0.4) is 0 Å². The first-order valence-corrected chi connectivity index (χ1v) is 6.16. The Balaban J connectivity index is 2.20. The molecule has 0 radical (unpaired) electrons. The molecule has 1 unspecified atom stereocenters. The summed E-state index contributed by atoms with van der Waals surface area (Å²) < 4.78 is 0. The number of urea groups is 1. The average molecular weight is 257 g/mol. The van der Waals surface area contributed by atoms with Crippen LogP contribution in [0.2, 0.25) is 0 Å². The average Bonchev–Trinajstić information content (AvgIpc) is 2.64. The summed E-state index contributed by atoms with van der Waals surface area (Å²) in [6.07, 6.45) is 0.833. The number of nitrogens with zero attached hydrogens (tertiary/aromatic N) is 2. The van der Waals surface area contributed by atoms with E-state index in [1.54, 1.807) is 6.92 Å². The Morgan fingerprint density at radius 3 is 2.63 bits per heavy atom. The zero-order valence-corrected chi connectivity index (χ0v) is 10.7. The zero-order valence-electron chi connectivity index (χ0n) is 10.7. The number of nitrogens with one attached hydrogen (secondary N) is 1. The molecule has 0 saturated carbocycles. The highest BCUT2D eigenvalue weighted by molar-refractivity contribution is 6.07. The molecule has 1 fully saturated rings. The van der Waals surface area contributed by atoms with Gasteiger partial charge in [0.25, 0.3) is 5.91 Å². The number of carbonyl (C=O) groups excluding carboxylic acids is 2. The summed E-state index contributed by atoms with van der Waals surface area (Å²) >= 11 is 0. The molecule has 1 aliphatic heterocycles. The van der Waals surface area contributed by atoms with Gasteiger partial charge in [0.1, 0.15) is 5.54 Å². The molecule has 1 atom stereocenters. The Labute approximate surface area is 111 Å². The predicted molar refractivity (Wildman–Crippen MR) is 68.9 cm³/mol. The van der Waals surface area contributed by atoms with Crippen LogP contribution in [-0.4, -0.2) is 23.4 Å². The normalized spacial score (nSPS) is 22.2. The van der Waals surface area contributed by atoms with Crippen molar-refractivity contribution in [3.63, 3.8) is 0 Å². The number of hydrogen-bond acceptors (Lipinski definition) is 3. The lowest BCUT2D eigenvalue weighted by molar-refractivity contribution is -0.131. The van der Waals surface area contributed by atoms with Gasteiger partial charge in [-0.3, -0.25) is 9.69 Å². The van der Waals surface area contributed by atoms with E-state index in [0.717, 1.165) is 5.56 Å². The molecule has 0 aromatic heterocycles. The molecule has 5 nitrogen and oxygen atoms in total. The number of benzene rings is 1. The summed E-state index contributed by atoms with van der Waals surface area (Å²) in [6, 6.07) is 10.8. The van der Waals surface area contributed by atoms with Gasteiger partial charge in [-0.25, -0.2) is 4.79 Å². The first-order chi connectivity index (χ1) is 9.09. The van der Waals surface area contributed by atoms with Crippen molar-refractivity contribution < 1.29 is 9.59 Å². The lowest BCUT2D eigenvalue weighted by Crippen LogP contribution is -2.40. The molecule has 19 heavy (non-hydrogen) atoms. The first kappa shape index (κ1) is 13.1. The van der Waals surface area contributed by atoms with Crippen molar-refractivity contribution in [1.29, 1.82) is 5.26 Å². The number of carbonyl (C=O) groups is 2. The maximum atomic E-state index is 12.4. The standard InChI is InChI=1S/C14H15N3O2/c1-14(11-7-3-2-4-8-11)12(18)17(13(19)16-14)10-6-5-9-15/h2-4,7-8H,5-6,10H2,1H3,(H,16,19). The topological polar surface area (TPSA) is 73.2 Å². The Morgan fingerprint density at radius 2 is 2.00 bits per heavy atom. The molecule has 3 amide bonds. The molecule has 98 valence electrons. The third-order valence-corrected chi connectivity index (χ3v) is 3.30. The van der Waals surface area contributed by atoms with E-state index in [1.165, 1.54) is 4.90 Å². The van der Waals surface area contributed by atoms with Crippen molar-refractivity contribution in [2.24, 2.45) is 0 Å². The van der Waals surface area contributed by atoms with Crippen molar-refractivity contribution in [2.75, 3.05) is 6.54 Å². The van der Waals surface area contributed by atoms with Gasteiger partial charge in [-0.15, -0.1) is 0 Å². The van der Waals surface area contributed by atoms with E-state index < -0.39 is 11.6 Å². The molecule has 0 aliphatic carbocycles. The van der Waals surface area contributed by atoms with E-state index in [9.17, 15) is 9.59 Å². The lowest BCUT2D eigenvalue weighted by atomic mass is 9.92. The number of unbranched alkanes of at least 4 members (excludes halogenated alkanes) is 1. The van der Waals surface area contributed by atoms with Crippen LogP contribution in [0.1, 0.15) is 25.3 Å². The molecule has 1 aromatic carbocycles. The van der Waals surface area contributed by atoms with Crippen molar-refractivity contribution >= 4 is 11.9 Å². The largest absolute Gasteiger partial charge is 0.325 e.